The molecule has 7 atom stereocenters. The number of carbonyl (C=O) groups excluding carboxylic acids is 11. The standard InChI is InChI=1S/C46H72FN11O11S/c1-6-8-9-18-58(25-39(63)53-32(21-26(3)4)41(64)51-24-37(50)61)46(69)31-16-19-70-20-17-38(62)52-33(22-28-10-12-29(47)13-11-28)44(67)57-40(27(5)7-2)45(68)54-30(14-15-35(48)59)42(65)56-34(23-36(49)60)43(66)55-31/h10-13,26-27,30-34,40H,6-9,14-25H2,1-5H3,(H2,48,59)(H2,49,60)(H2,50,61)(H,51,64)(H,52,62)(H,53,63)(H,54,68)(H,55,66)(H,56,65)(H,57,67)/t27-,30-,31-,32-,33-,34-,40-/m0/s1. The van der Waals surface area contributed by atoms with E-state index in [1.165, 1.54) is 40.9 Å². The molecule has 0 unspecified atom stereocenters. The molecule has 1 fully saturated rings. The van der Waals surface area contributed by atoms with Gasteiger partial charge in [0.05, 0.1) is 19.5 Å². The summed E-state index contributed by atoms with van der Waals surface area (Å²) in [5.74, 6) is -9.97. The molecule has 70 heavy (non-hydrogen) atoms. The zero-order valence-corrected chi connectivity index (χ0v) is 41.5. The fourth-order valence-corrected chi connectivity index (χ4v) is 8.18. The fourth-order valence-electron chi connectivity index (χ4n) is 7.24. The number of hydrogen-bond donors (Lipinski definition) is 10. The molecule has 1 heterocycles. The second-order valence-electron chi connectivity index (χ2n) is 17.7. The third-order valence-electron chi connectivity index (χ3n) is 11.3. The third kappa shape index (κ3) is 22.4. The Morgan fingerprint density at radius 2 is 1.43 bits per heavy atom. The van der Waals surface area contributed by atoms with Crippen LogP contribution in [0.2, 0.25) is 0 Å². The average molecular weight is 1010 g/mol. The maximum atomic E-state index is 14.6. The summed E-state index contributed by atoms with van der Waals surface area (Å²) in [5, 5.41) is 17.9. The number of nitrogens with zero attached hydrogens (tertiary/aromatic N) is 1. The number of unbranched alkanes of at least 4 members (excludes halogenated alkanes) is 2. The Bertz CT molecular complexity index is 1990. The van der Waals surface area contributed by atoms with E-state index in [1.807, 2.05) is 20.8 Å². The SMILES string of the molecule is CCCCCN(CC(=O)N[C@@H](CC(C)C)C(=O)NCC(N)=O)C(=O)[C@@H]1CCSCCC(=O)N[C@@H](Cc2ccc(F)cc2)C(=O)N[C@@H]([C@@H](C)CC)C(=O)N[C@@H](CCC(N)=O)C(=O)N[C@@H](CC(N)=O)C(=O)N1. The molecule has 2 rings (SSSR count). The Kier molecular flexibility index (Phi) is 26.5. The molecule has 390 valence electrons. The lowest BCUT2D eigenvalue weighted by atomic mass is 9.96. The highest BCUT2D eigenvalue weighted by Gasteiger charge is 2.36. The first-order valence-corrected chi connectivity index (χ1v) is 24.7. The summed E-state index contributed by atoms with van der Waals surface area (Å²) in [5.41, 5.74) is 16.6. The number of thioether (sulfide) groups is 1. The van der Waals surface area contributed by atoms with Crippen molar-refractivity contribution in [1.29, 1.82) is 0 Å². The van der Waals surface area contributed by atoms with Gasteiger partial charge in [0, 0.05) is 31.6 Å². The van der Waals surface area contributed by atoms with Gasteiger partial charge >= 0.3 is 0 Å². The highest BCUT2D eigenvalue weighted by atomic mass is 32.2. The predicted octanol–water partition coefficient (Wildman–Crippen LogP) is -1.34. The summed E-state index contributed by atoms with van der Waals surface area (Å²) in [7, 11) is 0. The molecule has 0 radical (unpaired) electrons. The van der Waals surface area contributed by atoms with Crippen molar-refractivity contribution in [2.24, 2.45) is 29.0 Å². The number of nitrogens with one attached hydrogen (secondary N) is 7. The highest BCUT2D eigenvalue weighted by Crippen LogP contribution is 2.15. The molecule has 1 aliphatic heterocycles. The van der Waals surface area contributed by atoms with Gasteiger partial charge in [-0.3, -0.25) is 52.7 Å². The summed E-state index contributed by atoms with van der Waals surface area (Å²) < 4.78 is 13.8. The van der Waals surface area contributed by atoms with E-state index in [-0.39, 0.29) is 56.1 Å². The van der Waals surface area contributed by atoms with Crippen LogP contribution in [-0.2, 0) is 59.2 Å². The molecule has 24 heteroatoms. The molecule has 1 aliphatic rings. The molecular weight excluding hydrogens is 934 g/mol. The zero-order chi connectivity index (χ0) is 52.5. The van der Waals surface area contributed by atoms with Crippen molar-refractivity contribution in [1.82, 2.24) is 42.1 Å². The van der Waals surface area contributed by atoms with Crippen molar-refractivity contribution in [2.45, 2.75) is 141 Å². The number of primary amides is 3. The number of nitrogens with two attached hydrogens (primary N) is 3. The van der Waals surface area contributed by atoms with Crippen LogP contribution in [0.5, 0.6) is 0 Å². The number of carbonyl (C=O) groups is 11. The van der Waals surface area contributed by atoms with E-state index in [0.29, 0.717) is 24.8 Å². The smallest absolute Gasteiger partial charge is 0.245 e. The number of hydrogen-bond acceptors (Lipinski definition) is 12. The van der Waals surface area contributed by atoms with Crippen molar-refractivity contribution in [2.75, 3.05) is 31.1 Å². The molecule has 1 saturated heterocycles. The Balaban J connectivity index is 2.64. The van der Waals surface area contributed by atoms with Crippen LogP contribution in [-0.4, -0.2) is 137 Å². The Hall–Kier alpha value is -6.33. The van der Waals surface area contributed by atoms with Crippen LogP contribution in [0.25, 0.3) is 0 Å². The minimum Gasteiger partial charge on any atom is -0.370 e. The van der Waals surface area contributed by atoms with Crippen molar-refractivity contribution >= 4 is 76.7 Å². The van der Waals surface area contributed by atoms with Crippen molar-refractivity contribution < 1.29 is 57.1 Å². The Morgan fingerprint density at radius 3 is 2.03 bits per heavy atom. The van der Waals surface area contributed by atoms with E-state index in [4.69, 9.17) is 17.2 Å². The minimum absolute atomic E-state index is 0.0372. The van der Waals surface area contributed by atoms with Crippen LogP contribution in [0, 0.1) is 17.7 Å². The van der Waals surface area contributed by atoms with Gasteiger partial charge in [0.15, 0.2) is 0 Å². The second kappa shape index (κ2) is 31.0. The lowest BCUT2D eigenvalue weighted by Crippen LogP contribution is -2.61. The molecule has 11 amide bonds. The van der Waals surface area contributed by atoms with E-state index in [9.17, 15) is 57.1 Å². The molecular formula is C46H72FN11O11S. The normalized spacial score (nSPS) is 20.8. The van der Waals surface area contributed by atoms with Crippen LogP contribution >= 0.6 is 11.8 Å². The lowest BCUT2D eigenvalue weighted by Gasteiger charge is -2.30. The van der Waals surface area contributed by atoms with Crippen molar-refractivity contribution in [3.8, 4) is 0 Å². The summed E-state index contributed by atoms with van der Waals surface area (Å²) in [6.45, 7) is 7.97. The molecule has 22 nitrogen and oxygen atoms in total. The quantitative estimate of drug-likeness (QED) is 0.0604. The van der Waals surface area contributed by atoms with Crippen LogP contribution in [0.4, 0.5) is 4.39 Å². The average Bonchev–Trinajstić information content (AvgIpc) is 3.29. The van der Waals surface area contributed by atoms with E-state index in [2.05, 4.69) is 37.2 Å². The van der Waals surface area contributed by atoms with Gasteiger partial charge in [-0.2, -0.15) is 11.8 Å². The molecule has 1 aromatic rings. The van der Waals surface area contributed by atoms with Gasteiger partial charge in [0.2, 0.25) is 65.0 Å². The highest BCUT2D eigenvalue weighted by molar-refractivity contribution is 7.99. The topological polar surface area (TPSA) is 353 Å². The second-order valence-corrected chi connectivity index (χ2v) is 19.0. The van der Waals surface area contributed by atoms with Gasteiger partial charge in [-0.25, -0.2) is 4.39 Å². The van der Waals surface area contributed by atoms with Crippen LogP contribution in [0.15, 0.2) is 24.3 Å². The number of amides is 11. The molecule has 0 saturated carbocycles. The molecule has 1 aromatic carbocycles. The van der Waals surface area contributed by atoms with E-state index in [0.717, 1.165) is 6.42 Å². The minimum atomic E-state index is -1.74. The molecule has 13 N–H and O–H groups in total. The lowest BCUT2D eigenvalue weighted by molar-refractivity contribution is -0.141. The first-order chi connectivity index (χ1) is 33.0. The summed E-state index contributed by atoms with van der Waals surface area (Å²) >= 11 is 1.22. The van der Waals surface area contributed by atoms with Gasteiger partial charge in [-0.05, 0) is 61.0 Å². The van der Waals surface area contributed by atoms with E-state index in [1.54, 1.807) is 13.8 Å². The Labute approximate surface area is 412 Å². The van der Waals surface area contributed by atoms with Crippen LogP contribution < -0.4 is 54.4 Å². The number of rotatable bonds is 22. The van der Waals surface area contributed by atoms with E-state index < -0.39 is 139 Å². The van der Waals surface area contributed by atoms with Gasteiger partial charge in [0.25, 0.3) is 0 Å². The summed E-state index contributed by atoms with van der Waals surface area (Å²) in [4.78, 5) is 148. The number of benzene rings is 1. The van der Waals surface area contributed by atoms with Crippen LogP contribution in [0.3, 0.4) is 0 Å². The Morgan fingerprint density at radius 1 is 0.786 bits per heavy atom. The summed E-state index contributed by atoms with van der Waals surface area (Å²) in [6.07, 6.45) is 0.424. The molecule has 0 spiro atoms. The fraction of sp³-hybridized carbons (Fsp3) is 0.630. The first-order valence-electron chi connectivity index (χ1n) is 23.6. The largest absolute Gasteiger partial charge is 0.370 e. The van der Waals surface area contributed by atoms with Gasteiger partial charge in [0.1, 0.15) is 42.1 Å². The van der Waals surface area contributed by atoms with Gasteiger partial charge in [-0.1, -0.05) is 66.0 Å². The summed E-state index contributed by atoms with van der Waals surface area (Å²) in [6, 6.07) is -3.11. The van der Waals surface area contributed by atoms with Crippen molar-refractivity contribution in [3.63, 3.8) is 0 Å². The molecule has 0 bridgehead atoms. The third-order valence-corrected chi connectivity index (χ3v) is 12.3. The monoisotopic (exact) mass is 1010 g/mol. The number of halogens is 1. The maximum absolute atomic E-state index is 14.6. The van der Waals surface area contributed by atoms with Crippen LogP contribution in [0.1, 0.15) is 104 Å². The maximum Gasteiger partial charge on any atom is 0.245 e. The predicted molar refractivity (Wildman–Crippen MR) is 258 cm³/mol. The molecule has 0 aliphatic carbocycles. The van der Waals surface area contributed by atoms with E-state index >= 15 is 0 Å². The van der Waals surface area contributed by atoms with Gasteiger partial charge in [-0.15, -0.1) is 0 Å². The van der Waals surface area contributed by atoms with Crippen molar-refractivity contribution in [3.05, 3.63) is 35.6 Å². The first kappa shape index (κ1) is 59.8. The zero-order valence-electron chi connectivity index (χ0n) is 40.7. The molecule has 0 aromatic heterocycles. The van der Waals surface area contributed by atoms with Gasteiger partial charge < -0.3 is 59.3 Å².